The van der Waals surface area contributed by atoms with E-state index in [0.29, 0.717) is 23.6 Å². The Morgan fingerprint density at radius 1 is 1.00 bits per heavy atom. The summed E-state index contributed by atoms with van der Waals surface area (Å²) in [7, 11) is 0. The fourth-order valence-electron chi connectivity index (χ4n) is 3.85. The van der Waals surface area contributed by atoms with Gasteiger partial charge in [-0.15, -0.1) is 0 Å². The molecule has 0 saturated heterocycles. The minimum absolute atomic E-state index is 0.153. The maximum absolute atomic E-state index is 13.0. The number of nitrogens with one attached hydrogen (secondary N) is 1. The molecule has 0 saturated carbocycles. The number of pyridine rings is 1. The number of aromatic nitrogens is 2. The molecule has 0 spiro atoms. The molecule has 31 heavy (non-hydrogen) atoms. The zero-order valence-corrected chi connectivity index (χ0v) is 16.9. The van der Waals surface area contributed by atoms with Crippen molar-refractivity contribution in [2.45, 2.75) is 13.0 Å². The molecule has 1 aliphatic heterocycles. The third kappa shape index (κ3) is 3.98. The number of carbonyl (C=O) groups is 1. The summed E-state index contributed by atoms with van der Waals surface area (Å²) in [6.07, 6.45) is 4.70. The van der Waals surface area contributed by atoms with Crippen LogP contribution < -0.4 is 5.32 Å². The van der Waals surface area contributed by atoms with Gasteiger partial charge in [0.25, 0.3) is 5.91 Å². The molecule has 0 unspecified atom stereocenters. The average molecular weight is 411 g/mol. The predicted octanol–water partition coefficient (Wildman–Crippen LogP) is 4.62. The quantitative estimate of drug-likeness (QED) is 0.518. The van der Waals surface area contributed by atoms with Crippen LogP contribution in [0.5, 0.6) is 0 Å². The lowest BCUT2D eigenvalue weighted by Crippen LogP contribution is -2.22. The Morgan fingerprint density at radius 2 is 1.90 bits per heavy atom. The average Bonchev–Trinajstić information content (AvgIpc) is 3.32. The van der Waals surface area contributed by atoms with Crippen LogP contribution in [-0.4, -0.2) is 29.3 Å². The van der Waals surface area contributed by atoms with Gasteiger partial charge in [0.05, 0.1) is 25.5 Å². The van der Waals surface area contributed by atoms with E-state index in [2.05, 4.69) is 33.7 Å². The monoisotopic (exact) mass is 411 g/mol. The van der Waals surface area contributed by atoms with Crippen molar-refractivity contribution in [3.05, 3.63) is 89.8 Å². The van der Waals surface area contributed by atoms with E-state index in [0.717, 1.165) is 35.1 Å². The van der Waals surface area contributed by atoms with E-state index in [-0.39, 0.29) is 12.5 Å². The zero-order chi connectivity index (χ0) is 21.0. The van der Waals surface area contributed by atoms with Gasteiger partial charge in [0.1, 0.15) is 5.69 Å². The lowest BCUT2D eigenvalue weighted by atomic mass is 9.93. The van der Waals surface area contributed by atoms with Gasteiger partial charge in [0.2, 0.25) is 0 Å². The number of nitrogens with zero attached hydrogens (tertiary/aromatic N) is 2. The first kappa shape index (κ1) is 19.2. The minimum Gasteiger partial charge on any atom is -0.377 e. The van der Waals surface area contributed by atoms with Crippen LogP contribution in [0.1, 0.15) is 28.1 Å². The summed E-state index contributed by atoms with van der Waals surface area (Å²) in [4.78, 5) is 17.2. The standard InChI is InChI=1S/C25H21N3O3/c29-25(27-16-18-15-24(28-31-18)23-9-1-2-12-26-23)22-8-4-6-20-19(5-3-7-21(20)22)17-10-13-30-14-11-17/h1-10,12,15H,11,13-14,16H2,(H,27,29). The molecule has 0 aliphatic carbocycles. The number of hydrogen-bond donors (Lipinski definition) is 1. The van der Waals surface area contributed by atoms with Gasteiger partial charge >= 0.3 is 0 Å². The molecule has 1 aliphatic rings. The fraction of sp³-hybridized carbons (Fsp3) is 0.160. The second-order valence-corrected chi connectivity index (χ2v) is 7.34. The number of carbonyl (C=O) groups excluding carboxylic acids is 1. The third-order valence-corrected chi connectivity index (χ3v) is 5.39. The maximum Gasteiger partial charge on any atom is 0.252 e. The number of fused-ring (bicyclic) bond motifs is 1. The first-order valence-electron chi connectivity index (χ1n) is 10.2. The molecule has 0 radical (unpaired) electrons. The van der Waals surface area contributed by atoms with Crippen molar-refractivity contribution in [3.8, 4) is 11.4 Å². The van der Waals surface area contributed by atoms with Gasteiger partial charge in [-0.05, 0) is 46.5 Å². The highest BCUT2D eigenvalue weighted by Crippen LogP contribution is 2.30. The van der Waals surface area contributed by atoms with Crippen LogP contribution >= 0.6 is 0 Å². The molecule has 6 nitrogen and oxygen atoms in total. The highest BCUT2D eigenvalue weighted by Gasteiger charge is 2.15. The second-order valence-electron chi connectivity index (χ2n) is 7.34. The number of amides is 1. The summed E-state index contributed by atoms with van der Waals surface area (Å²) in [5, 5.41) is 8.99. The third-order valence-electron chi connectivity index (χ3n) is 5.39. The summed E-state index contributed by atoms with van der Waals surface area (Å²) in [6.45, 7) is 1.60. The SMILES string of the molecule is O=C(NCc1cc(-c2ccccn2)no1)c1cccc2c(C3=CCOCC3)cccc12. The highest BCUT2D eigenvalue weighted by molar-refractivity contribution is 6.09. The van der Waals surface area contributed by atoms with Crippen molar-refractivity contribution in [2.24, 2.45) is 0 Å². The van der Waals surface area contributed by atoms with Crippen molar-refractivity contribution in [3.63, 3.8) is 0 Å². The Hall–Kier alpha value is -3.77. The van der Waals surface area contributed by atoms with E-state index in [1.165, 1.54) is 5.57 Å². The van der Waals surface area contributed by atoms with Crippen molar-refractivity contribution < 1.29 is 14.1 Å². The van der Waals surface area contributed by atoms with E-state index >= 15 is 0 Å². The van der Waals surface area contributed by atoms with Crippen molar-refractivity contribution in [1.29, 1.82) is 0 Å². The Morgan fingerprint density at radius 3 is 2.74 bits per heavy atom. The second kappa shape index (κ2) is 8.53. The van der Waals surface area contributed by atoms with Crippen LogP contribution in [0.15, 0.2) is 77.5 Å². The summed E-state index contributed by atoms with van der Waals surface area (Å²) in [6, 6.07) is 19.3. The number of benzene rings is 2. The molecule has 0 fully saturated rings. The van der Waals surface area contributed by atoms with Gasteiger partial charge < -0.3 is 14.6 Å². The minimum atomic E-state index is -0.153. The molecule has 1 amide bonds. The number of ether oxygens (including phenoxy) is 1. The normalized spacial score (nSPS) is 13.7. The summed E-state index contributed by atoms with van der Waals surface area (Å²) in [5.41, 5.74) is 4.43. The van der Waals surface area contributed by atoms with Crippen LogP contribution in [0.25, 0.3) is 27.7 Å². The first-order valence-corrected chi connectivity index (χ1v) is 10.2. The van der Waals surface area contributed by atoms with E-state index in [9.17, 15) is 4.79 Å². The molecule has 154 valence electrons. The topological polar surface area (TPSA) is 77.3 Å². The molecule has 4 aromatic rings. The Bertz CT molecular complexity index is 1260. The molecule has 3 heterocycles. The van der Waals surface area contributed by atoms with Crippen LogP contribution in [0.3, 0.4) is 0 Å². The van der Waals surface area contributed by atoms with E-state index < -0.39 is 0 Å². The maximum atomic E-state index is 13.0. The van der Waals surface area contributed by atoms with Gasteiger partial charge in [-0.2, -0.15) is 0 Å². The molecule has 5 rings (SSSR count). The summed E-state index contributed by atoms with van der Waals surface area (Å²) >= 11 is 0. The molecule has 0 bridgehead atoms. The number of rotatable bonds is 5. The fourth-order valence-corrected chi connectivity index (χ4v) is 3.85. The molecular formula is C25H21N3O3. The van der Waals surface area contributed by atoms with Crippen molar-refractivity contribution in [1.82, 2.24) is 15.5 Å². The Kier molecular flexibility index (Phi) is 5.29. The lowest BCUT2D eigenvalue weighted by Gasteiger charge is -2.16. The van der Waals surface area contributed by atoms with E-state index in [4.69, 9.17) is 9.26 Å². The van der Waals surface area contributed by atoms with Gasteiger partial charge in [-0.3, -0.25) is 9.78 Å². The van der Waals surface area contributed by atoms with Crippen molar-refractivity contribution >= 4 is 22.3 Å². The summed E-state index contributed by atoms with van der Waals surface area (Å²) < 4.78 is 10.8. The Balaban J connectivity index is 1.37. The van der Waals surface area contributed by atoms with E-state index in [1.807, 2.05) is 42.5 Å². The molecule has 6 heteroatoms. The van der Waals surface area contributed by atoms with Crippen LogP contribution in [0, 0.1) is 0 Å². The zero-order valence-electron chi connectivity index (χ0n) is 16.9. The largest absolute Gasteiger partial charge is 0.377 e. The molecular weight excluding hydrogens is 390 g/mol. The molecule has 2 aromatic carbocycles. The lowest BCUT2D eigenvalue weighted by molar-refractivity contribution is 0.0948. The predicted molar refractivity (Wildman–Crippen MR) is 118 cm³/mol. The summed E-state index contributed by atoms with van der Waals surface area (Å²) in [5.74, 6) is 0.418. The smallest absolute Gasteiger partial charge is 0.252 e. The van der Waals surface area contributed by atoms with Crippen LogP contribution in [0.4, 0.5) is 0 Å². The van der Waals surface area contributed by atoms with Crippen molar-refractivity contribution in [2.75, 3.05) is 13.2 Å². The molecule has 1 N–H and O–H groups in total. The van der Waals surface area contributed by atoms with Gasteiger partial charge in [0.15, 0.2) is 5.76 Å². The number of hydrogen-bond acceptors (Lipinski definition) is 5. The van der Waals surface area contributed by atoms with Gasteiger partial charge in [0, 0.05) is 17.8 Å². The van der Waals surface area contributed by atoms with Crippen LogP contribution in [-0.2, 0) is 11.3 Å². The highest BCUT2D eigenvalue weighted by atomic mass is 16.5. The Labute approximate surface area is 179 Å². The van der Waals surface area contributed by atoms with Crippen LogP contribution in [0.2, 0.25) is 0 Å². The van der Waals surface area contributed by atoms with Gasteiger partial charge in [-0.1, -0.05) is 47.6 Å². The van der Waals surface area contributed by atoms with Gasteiger partial charge in [-0.25, -0.2) is 0 Å². The molecule has 2 aromatic heterocycles. The molecule has 0 atom stereocenters. The van der Waals surface area contributed by atoms with E-state index in [1.54, 1.807) is 12.3 Å². The first-order chi connectivity index (χ1) is 15.3.